The molecule has 3 aliphatic heterocycles. The Morgan fingerprint density at radius 3 is 2.53 bits per heavy atom. The summed E-state index contributed by atoms with van der Waals surface area (Å²) in [6.45, 7) is 11.7. The number of carbonyl (C=O) groups is 1. The zero-order valence-corrected chi connectivity index (χ0v) is 11.2. The Morgan fingerprint density at radius 2 is 2.05 bits per heavy atom. The van der Waals surface area contributed by atoms with Crippen molar-refractivity contribution < 1.29 is 23.7 Å². The third-order valence-electron chi connectivity index (χ3n) is 3.53. The van der Waals surface area contributed by atoms with Crippen molar-refractivity contribution in [3.05, 3.63) is 24.3 Å². The lowest BCUT2D eigenvalue weighted by Gasteiger charge is -2.17. The van der Waals surface area contributed by atoms with Gasteiger partial charge in [0.2, 0.25) is 5.79 Å². The second kappa shape index (κ2) is 3.91. The molecule has 0 aliphatic carbocycles. The molecule has 2 atom stereocenters. The van der Waals surface area contributed by atoms with Crippen molar-refractivity contribution >= 4 is 5.97 Å². The number of carbonyl (C=O) groups excluding carboxylic acids is 1. The van der Waals surface area contributed by atoms with Gasteiger partial charge in [-0.05, 0) is 13.8 Å². The van der Waals surface area contributed by atoms with E-state index in [2.05, 4.69) is 13.2 Å². The van der Waals surface area contributed by atoms with E-state index in [1.807, 2.05) is 6.92 Å². The lowest BCUT2D eigenvalue weighted by molar-refractivity contribution is -0.170. The maximum absolute atomic E-state index is 11.7. The van der Waals surface area contributed by atoms with Gasteiger partial charge in [0.05, 0.1) is 12.7 Å². The van der Waals surface area contributed by atoms with Crippen molar-refractivity contribution in [2.75, 3.05) is 6.61 Å². The van der Waals surface area contributed by atoms with Crippen LogP contribution in [0.1, 0.15) is 26.7 Å². The Labute approximate surface area is 112 Å². The number of hydrogen-bond acceptors (Lipinski definition) is 5. The predicted octanol–water partition coefficient (Wildman–Crippen LogP) is 1.68. The molecule has 3 heterocycles. The number of esters is 1. The van der Waals surface area contributed by atoms with E-state index < -0.39 is 23.6 Å². The van der Waals surface area contributed by atoms with Crippen LogP contribution in [0, 0.1) is 0 Å². The molecule has 0 radical (unpaired) electrons. The summed E-state index contributed by atoms with van der Waals surface area (Å²) in [5, 5.41) is 0. The molecular formula is C14H18O5. The van der Waals surface area contributed by atoms with Crippen LogP contribution in [0.15, 0.2) is 24.3 Å². The summed E-state index contributed by atoms with van der Waals surface area (Å²) in [6, 6.07) is 0. The molecule has 0 N–H and O–H groups in total. The van der Waals surface area contributed by atoms with E-state index in [1.165, 1.54) is 0 Å². The standard InChI is InChI=1S/C14H18O5/c1-8(2)5-11(17-12(15)9(3)4)14-13(18-14,19-14)6-10-7-16-10/h10-11H,1,3,5-7H2,2,4H3. The molecule has 3 fully saturated rings. The summed E-state index contributed by atoms with van der Waals surface area (Å²) >= 11 is 0. The molecule has 3 rings (SSSR count). The zero-order valence-electron chi connectivity index (χ0n) is 11.2. The highest BCUT2D eigenvalue weighted by Gasteiger charge is 2.95. The van der Waals surface area contributed by atoms with Crippen LogP contribution >= 0.6 is 0 Å². The molecule has 0 amide bonds. The van der Waals surface area contributed by atoms with Crippen LogP contribution in [-0.2, 0) is 23.7 Å². The Balaban J connectivity index is 1.65. The summed E-state index contributed by atoms with van der Waals surface area (Å²) in [6.07, 6.45) is 0.969. The van der Waals surface area contributed by atoms with Crippen molar-refractivity contribution in [2.24, 2.45) is 0 Å². The van der Waals surface area contributed by atoms with Gasteiger partial charge in [0, 0.05) is 18.4 Å². The third-order valence-corrected chi connectivity index (χ3v) is 3.53. The van der Waals surface area contributed by atoms with E-state index in [4.69, 9.17) is 18.9 Å². The van der Waals surface area contributed by atoms with Crippen LogP contribution in [0.5, 0.6) is 0 Å². The van der Waals surface area contributed by atoms with E-state index in [0.717, 1.165) is 12.2 Å². The molecule has 5 nitrogen and oxygen atoms in total. The average Bonchev–Trinajstić information content (AvgIpc) is 3.13. The Bertz CT molecular complexity index is 456. The Morgan fingerprint density at radius 1 is 1.42 bits per heavy atom. The van der Waals surface area contributed by atoms with Crippen LogP contribution in [0.2, 0.25) is 0 Å². The van der Waals surface area contributed by atoms with E-state index >= 15 is 0 Å². The van der Waals surface area contributed by atoms with E-state index in [-0.39, 0.29) is 6.10 Å². The topological polar surface area (TPSA) is 63.9 Å². The summed E-state index contributed by atoms with van der Waals surface area (Å²) in [4.78, 5) is 11.7. The zero-order chi connectivity index (χ0) is 13.8. The maximum Gasteiger partial charge on any atom is 0.333 e. The van der Waals surface area contributed by atoms with Gasteiger partial charge in [-0.1, -0.05) is 18.7 Å². The van der Waals surface area contributed by atoms with E-state index in [0.29, 0.717) is 18.4 Å². The van der Waals surface area contributed by atoms with Crippen LogP contribution in [0.25, 0.3) is 0 Å². The molecule has 0 bridgehead atoms. The first kappa shape index (κ1) is 12.8. The first-order valence-electron chi connectivity index (χ1n) is 6.41. The number of fused-ring (bicyclic) bond motifs is 1. The van der Waals surface area contributed by atoms with Gasteiger partial charge < -0.3 is 18.9 Å². The number of epoxide rings is 3. The van der Waals surface area contributed by atoms with E-state index in [9.17, 15) is 4.79 Å². The fourth-order valence-electron chi connectivity index (χ4n) is 2.33. The highest BCUT2D eigenvalue weighted by molar-refractivity contribution is 5.87. The van der Waals surface area contributed by atoms with Crippen molar-refractivity contribution in [1.82, 2.24) is 0 Å². The second-order valence-electron chi connectivity index (χ2n) is 5.62. The minimum absolute atomic E-state index is 0.215. The van der Waals surface area contributed by atoms with E-state index in [1.54, 1.807) is 6.92 Å². The second-order valence-corrected chi connectivity index (χ2v) is 5.62. The monoisotopic (exact) mass is 266 g/mol. The van der Waals surface area contributed by atoms with Crippen LogP contribution in [0.3, 0.4) is 0 Å². The third kappa shape index (κ3) is 2.12. The minimum Gasteiger partial charge on any atom is -0.453 e. The molecule has 0 aromatic heterocycles. The fourth-order valence-corrected chi connectivity index (χ4v) is 2.33. The smallest absolute Gasteiger partial charge is 0.333 e. The normalized spacial score (nSPS) is 38.9. The summed E-state index contributed by atoms with van der Waals surface area (Å²) in [5.41, 5.74) is 1.28. The molecular weight excluding hydrogens is 248 g/mol. The molecule has 0 aromatic rings. The van der Waals surface area contributed by atoms with Gasteiger partial charge in [0.15, 0.2) is 6.10 Å². The number of ether oxygens (including phenoxy) is 4. The molecule has 3 aliphatic rings. The van der Waals surface area contributed by atoms with Gasteiger partial charge in [-0.25, -0.2) is 4.79 Å². The quantitative estimate of drug-likeness (QED) is 0.303. The van der Waals surface area contributed by atoms with Gasteiger partial charge >= 0.3 is 5.97 Å². The largest absolute Gasteiger partial charge is 0.453 e. The molecule has 19 heavy (non-hydrogen) atoms. The summed E-state index contributed by atoms with van der Waals surface area (Å²) in [7, 11) is 0. The number of hydrogen-bond donors (Lipinski definition) is 0. The van der Waals surface area contributed by atoms with Crippen molar-refractivity contribution in [3.63, 3.8) is 0 Å². The van der Waals surface area contributed by atoms with Gasteiger partial charge in [-0.15, -0.1) is 0 Å². The minimum atomic E-state index is -0.775. The highest BCUT2D eigenvalue weighted by atomic mass is 17.1. The SMILES string of the molecule is C=C(C)CC(OC(=O)C(=C)C)C12OC1(CC1CO1)O2. The number of rotatable bonds is 7. The van der Waals surface area contributed by atoms with Crippen molar-refractivity contribution in [2.45, 2.75) is 50.5 Å². The van der Waals surface area contributed by atoms with Gasteiger partial charge in [0.25, 0.3) is 5.79 Å². The van der Waals surface area contributed by atoms with Gasteiger partial charge in [0.1, 0.15) is 0 Å². The first-order chi connectivity index (χ1) is 8.88. The maximum atomic E-state index is 11.7. The Kier molecular flexibility index (Phi) is 2.64. The predicted molar refractivity (Wildman–Crippen MR) is 66.1 cm³/mol. The first-order valence-corrected chi connectivity index (χ1v) is 6.41. The van der Waals surface area contributed by atoms with Crippen LogP contribution < -0.4 is 0 Å². The molecule has 0 saturated carbocycles. The summed E-state index contributed by atoms with van der Waals surface area (Å²) < 4.78 is 21.9. The molecule has 104 valence electrons. The molecule has 2 unspecified atom stereocenters. The van der Waals surface area contributed by atoms with Gasteiger partial charge in [-0.2, -0.15) is 0 Å². The fraction of sp³-hybridized carbons (Fsp3) is 0.643. The summed E-state index contributed by atoms with van der Waals surface area (Å²) in [5.74, 6) is -1.80. The average molecular weight is 266 g/mol. The molecule has 0 aromatic carbocycles. The van der Waals surface area contributed by atoms with Crippen LogP contribution in [-0.4, -0.2) is 36.4 Å². The molecule has 5 heteroatoms. The van der Waals surface area contributed by atoms with Crippen molar-refractivity contribution in [3.8, 4) is 0 Å². The lowest BCUT2D eigenvalue weighted by Crippen LogP contribution is -2.29. The van der Waals surface area contributed by atoms with Crippen molar-refractivity contribution in [1.29, 1.82) is 0 Å². The van der Waals surface area contributed by atoms with Crippen LogP contribution in [0.4, 0.5) is 0 Å². The molecule has 3 saturated heterocycles. The van der Waals surface area contributed by atoms with Gasteiger partial charge in [-0.3, -0.25) is 0 Å². The Hall–Kier alpha value is -1.17. The lowest BCUT2D eigenvalue weighted by atomic mass is 10.0. The molecule has 0 spiro atoms. The highest BCUT2D eigenvalue weighted by Crippen LogP contribution is 2.73.